The van der Waals surface area contributed by atoms with E-state index >= 15 is 0 Å². The van der Waals surface area contributed by atoms with Crippen LogP contribution in [0.4, 0.5) is 4.79 Å². The Labute approximate surface area is 200 Å². The summed E-state index contributed by atoms with van der Waals surface area (Å²) < 4.78 is 5.58. The van der Waals surface area contributed by atoms with Gasteiger partial charge in [-0.25, -0.2) is 9.59 Å². The van der Waals surface area contributed by atoms with E-state index in [0.29, 0.717) is 19.3 Å². The van der Waals surface area contributed by atoms with Gasteiger partial charge in [0.05, 0.1) is 5.92 Å². The first-order valence-corrected chi connectivity index (χ1v) is 11.8. The third-order valence-electron chi connectivity index (χ3n) is 7.04. The fraction of sp³-hybridized carbons (Fsp3) is 0.444. The SMILES string of the molecule is CC(C)CC(CNC(=O)OCC1c2ccccc2-c2ccccc21)C(=O)N(C)C1(C(=O)O)CC1. The fourth-order valence-electron chi connectivity index (χ4n) is 4.99. The van der Waals surface area contributed by atoms with Gasteiger partial charge in [0.25, 0.3) is 0 Å². The number of carboxylic acids is 1. The molecule has 2 aliphatic carbocycles. The number of benzene rings is 2. The minimum atomic E-state index is -1.10. The van der Waals surface area contributed by atoms with E-state index in [1.54, 1.807) is 7.05 Å². The molecule has 1 atom stereocenters. The average molecular weight is 465 g/mol. The third-order valence-corrected chi connectivity index (χ3v) is 7.04. The summed E-state index contributed by atoms with van der Waals surface area (Å²) in [5.74, 6) is -1.57. The van der Waals surface area contributed by atoms with Crippen molar-refractivity contribution in [2.24, 2.45) is 11.8 Å². The molecule has 0 heterocycles. The number of rotatable bonds is 9. The van der Waals surface area contributed by atoms with Crippen LogP contribution in [0, 0.1) is 11.8 Å². The van der Waals surface area contributed by atoms with Crippen LogP contribution in [-0.2, 0) is 14.3 Å². The molecular weight excluding hydrogens is 432 g/mol. The number of nitrogens with one attached hydrogen (secondary N) is 1. The fourth-order valence-corrected chi connectivity index (χ4v) is 4.99. The molecule has 2 aromatic carbocycles. The van der Waals surface area contributed by atoms with Gasteiger partial charge in [0.1, 0.15) is 12.1 Å². The summed E-state index contributed by atoms with van der Waals surface area (Å²) >= 11 is 0. The monoisotopic (exact) mass is 464 g/mol. The first-order chi connectivity index (χ1) is 16.2. The number of aliphatic carboxylic acids is 1. The molecular formula is C27H32N2O5. The lowest BCUT2D eigenvalue weighted by Gasteiger charge is -2.29. The topological polar surface area (TPSA) is 95.9 Å². The number of hydrogen-bond acceptors (Lipinski definition) is 4. The van der Waals surface area contributed by atoms with Crippen LogP contribution in [-0.4, -0.2) is 53.7 Å². The highest BCUT2D eigenvalue weighted by molar-refractivity contribution is 5.90. The maximum Gasteiger partial charge on any atom is 0.407 e. The number of carboxylic acid groups (broad SMARTS) is 1. The summed E-state index contributed by atoms with van der Waals surface area (Å²) in [6.45, 7) is 4.30. The standard InChI is InChI=1S/C27H32N2O5/c1-17(2)14-18(24(30)29(3)27(12-13-27)25(31)32)15-28-26(33)34-16-23-21-10-6-4-8-19(21)20-9-5-7-11-22(20)23/h4-11,17-18,23H,12-16H2,1-3H3,(H,28,33)(H,31,32). The van der Waals surface area contributed by atoms with Crippen LogP contribution in [0.2, 0.25) is 0 Å². The number of hydrogen-bond donors (Lipinski definition) is 2. The molecule has 7 nitrogen and oxygen atoms in total. The molecule has 1 fully saturated rings. The van der Waals surface area contributed by atoms with Gasteiger partial charge >= 0.3 is 12.1 Å². The molecule has 34 heavy (non-hydrogen) atoms. The zero-order chi connectivity index (χ0) is 24.5. The van der Waals surface area contributed by atoms with Crippen LogP contribution in [0.3, 0.4) is 0 Å². The van der Waals surface area contributed by atoms with Crippen LogP contribution >= 0.6 is 0 Å². The smallest absolute Gasteiger partial charge is 0.407 e. The predicted octanol–water partition coefficient (Wildman–Crippen LogP) is 4.26. The minimum Gasteiger partial charge on any atom is -0.479 e. The van der Waals surface area contributed by atoms with E-state index in [1.807, 2.05) is 38.1 Å². The van der Waals surface area contributed by atoms with Gasteiger partial charge in [-0.3, -0.25) is 4.79 Å². The van der Waals surface area contributed by atoms with Gasteiger partial charge in [-0.15, -0.1) is 0 Å². The average Bonchev–Trinajstić information content (AvgIpc) is 3.58. The van der Waals surface area contributed by atoms with Crippen LogP contribution in [0.5, 0.6) is 0 Å². The number of likely N-dealkylation sites (N-methyl/N-ethyl adjacent to an activating group) is 1. The lowest BCUT2D eigenvalue weighted by Crippen LogP contribution is -2.49. The molecule has 0 spiro atoms. The van der Waals surface area contributed by atoms with E-state index in [2.05, 4.69) is 29.6 Å². The van der Waals surface area contributed by atoms with Crippen molar-refractivity contribution in [2.45, 2.75) is 44.6 Å². The third kappa shape index (κ3) is 4.52. The molecule has 1 saturated carbocycles. The quantitative estimate of drug-likeness (QED) is 0.578. The summed E-state index contributed by atoms with van der Waals surface area (Å²) in [4.78, 5) is 38.7. The van der Waals surface area contributed by atoms with E-state index in [1.165, 1.54) is 4.90 Å². The highest BCUT2D eigenvalue weighted by atomic mass is 16.5. The van der Waals surface area contributed by atoms with Crippen molar-refractivity contribution < 1.29 is 24.2 Å². The van der Waals surface area contributed by atoms with E-state index in [4.69, 9.17) is 4.74 Å². The minimum absolute atomic E-state index is 0.0392. The van der Waals surface area contributed by atoms with Crippen LogP contribution in [0.25, 0.3) is 11.1 Å². The maximum atomic E-state index is 13.1. The lowest BCUT2D eigenvalue weighted by molar-refractivity contribution is -0.152. The highest BCUT2D eigenvalue weighted by Gasteiger charge is 2.56. The summed E-state index contributed by atoms with van der Waals surface area (Å²) in [5.41, 5.74) is 3.48. The van der Waals surface area contributed by atoms with Crippen LogP contribution in [0.1, 0.15) is 50.2 Å². The Morgan fingerprint density at radius 3 is 2.12 bits per heavy atom. The lowest BCUT2D eigenvalue weighted by atomic mass is 9.95. The first-order valence-electron chi connectivity index (χ1n) is 11.8. The molecule has 0 aromatic heterocycles. The van der Waals surface area contributed by atoms with Crippen molar-refractivity contribution in [3.05, 3.63) is 59.7 Å². The predicted molar refractivity (Wildman–Crippen MR) is 128 cm³/mol. The van der Waals surface area contributed by atoms with Crippen molar-refractivity contribution in [1.82, 2.24) is 10.2 Å². The van der Waals surface area contributed by atoms with Crippen LogP contribution < -0.4 is 5.32 Å². The zero-order valence-electron chi connectivity index (χ0n) is 19.9. The Morgan fingerprint density at radius 1 is 1.06 bits per heavy atom. The van der Waals surface area contributed by atoms with Crippen molar-refractivity contribution in [3.63, 3.8) is 0 Å². The summed E-state index contributed by atoms with van der Waals surface area (Å²) in [7, 11) is 1.55. The molecule has 0 bridgehead atoms. The summed E-state index contributed by atoms with van der Waals surface area (Å²) in [5, 5.41) is 12.3. The van der Waals surface area contributed by atoms with Gasteiger partial charge < -0.3 is 20.1 Å². The number of fused-ring (bicyclic) bond motifs is 3. The molecule has 0 aliphatic heterocycles. The Bertz CT molecular complexity index is 1050. The van der Waals surface area contributed by atoms with Crippen molar-refractivity contribution in [2.75, 3.05) is 20.2 Å². The van der Waals surface area contributed by atoms with Gasteiger partial charge in [0, 0.05) is 19.5 Å². The Kier molecular flexibility index (Phi) is 6.64. The second-order valence-corrected chi connectivity index (χ2v) is 9.77. The Morgan fingerprint density at radius 2 is 1.62 bits per heavy atom. The number of nitrogens with zero attached hydrogens (tertiary/aromatic N) is 1. The number of alkyl carbamates (subject to hydrolysis) is 1. The van der Waals surface area contributed by atoms with Crippen molar-refractivity contribution in [3.8, 4) is 11.1 Å². The van der Waals surface area contributed by atoms with Crippen LogP contribution in [0.15, 0.2) is 48.5 Å². The number of amides is 2. The van der Waals surface area contributed by atoms with Crippen molar-refractivity contribution >= 4 is 18.0 Å². The van der Waals surface area contributed by atoms with E-state index in [-0.39, 0.29) is 30.9 Å². The second-order valence-electron chi connectivity index (χ2n) is 9.77. The molecule has 2 aromatic rings. The van der Waals surface area contributed by atoms with Gasteiger partial charge in [0.15, 0.2) is 0 Å². The number of carbonyl (C=O) groups is 3. The highest BCUT2D eigenvalue weighted by Crippen LogP contribution is 2.44. The Balaban J connectivity index is 1.38. The van der Waals surface area contributed by atoms with E-state index in [0.717, 1.165) is 22.3 Å². The van der Waals surface area contributed by atoms with E-state index in [9.17, 15) is 19.5 Å². The van der Waals surface area contributed by atoms with Gasteiger partial charge in [0.2, 0.25) is 5.91 Å². The van der Waals surface area contributed by atoms with Gasteiger partial charge in [-0.1, -0.05) is 62.4 Å². The molecule has 1 unspecified atom stereocenters. The van der Waals surface area contributed by atoms with Gasteiger partial charge in [-0.2, -0.15) is 0 Å². The molecule has 4 rings (SSSR count). The molecule has 2 aliphatic rings. The van der Waals surface area contributed by atoms with Gasteiger partial charge in [-0.05, 0) is 47.4 Å². The molecule has 0 saturated heterocycles. The first kappa shape index (κ1) is 23.8. The number of carbonyl (C=O) groups excluding carboxylic acids is 2. The Hall–Kier alpha value is -3.35. The van der Waals surface area contributed by atoms with Crippen molar-refractivity contribution in [1.29, 1.82) is 0 Å². The van der Waals surface area contributed by atoms with E-state index < -0.39 is 23.5 Å². The molecule has 2 amide bonds. The molecule has 180 valence electrons. The second kappa shape index (κ2) is 9.49. The molecule has 2 N–H and O–H groups in total. The summed E-state index contributed by atoms with van der Waals surface area (Å²) in [6.07, 6.45) is 0.880. The normalized spacial score (nSPS) is 16.4. The molecule has 0 radical (unpaired) electrons. The summed E-state index contributed by atoms with van der Waals surface area (Å²) in [6, 6.07) is 16.3. The maximum absolute atomic E-state index is 13.1. The zero-order valence-corrected chi connectivity index (χ0v) is 19.9. The largest absolute Gasteiger partial charge is 0.479 e. The number of ether oxygens (including phenoxy) is 1. The molecule has 7 heteroatoms.